The van der Waals surface area contributed by atoms with Crippen molar-refractivity contribution >= 4 is 17.3 Å². The summed E-state index contributed by atoms with van der Waals surface area (Å²) in [5, 5.41) is 13.1. The highest BCUT2D eigenvalue weighted by Gasteiger charge is 2.28. The van der Waals surface area contributed by atoms with Gasteiger partial charge in [0.2, 0.25) is 5.91 Å². The van der Waals surface area contributed by atoms with Gasteiger partial charge in [-0.15, -0.1) is 0 Å². The predicted octanol–water partition coefficient (Wildman–Crippen LogP) is 4.82. The minimum absolute atomic E-state index is 0.0459. The van der Waals surface area contributed by atoms with E-state index in [4.69, 9.17) is 0 Å². The fourth-order valence-corrected chi connectivity index (χ4v) is 3.66. The molecule has 0 radical (unpaired) electrons. The molecule has 2 N–H and O–H groups in total. The first kappa shape index (κ1) is 18.3. The van der Waals surface area contributed by atoms with Gasteiger partial charge in [0.15, 0.2) is 0 Å². The third-order valence-corrected chi connectivity index (χ3v) is 5.15. The second-order valence-electron chi connectivity index (χ2n) is 7.43. The van der Waals surface area contributed by atoms with E-state index in [1.165, 1.54) is 16.8 Å². The lowest BCUT2D eigenvalue weighted by atomic mass is 9.99. The van der Waals surface area contributed by atoms with Gasteiger partial charge in [-0.2, -0.15) is 0 Å². The molecule has 1 atom stereocenters. The van der Waals surface area contributed by atoms with E-state index in [1.54, 1.807) is 6.07 Å². The molecule has 1 aliphatic heterocycles. The van der Waals surface area contributed by atoms with Crippen LogP contribution in [0.3, 0.4) is 0 Å². The van der Waals surface area contributed by atoms with Gasteiger partial charge in [0.1, 0.15) is 5.75 Å². The summed E-state index contributed by atoms with van der Waals surface area (Å²) in [6.07, 6.45) is 1.40. The Balaban J connectivity index is 1.89. The Labute approximate surface area is 155 Å². The molecular weight excluding hydrogens is 324 g/mol. The molecule has 0 saturated heterocycles. The third-order valence-electron chi connectivity index (χ3n) is 5.15. The fourth-order valence-electron chi connectivity index (χ4n) is 3.66. The monoisotopic (exact) mass is 352 g/mol. The topological polar surface area (TPSA) is 52.6 Å². The predicted molar refractivity (Wildman–Crippen MR) is 107 cm³/mol. The number of hydrogen-bond acceptors (Lipinski definition) is 3. The summed E-state index contributed by atoms with van der Waals surface area (Å²) in [5.74, 6) is 0.696. The van der Waals surface area contributed by atoms with Gasteiger partial charge in [0.05, 0.1) is 0 Å². The normalized spacial score (nSPS) is 16.0. The molecule has 0 aliphatic carbocycles. The Morgan fingerprint density at radius 3 is 2.77 bits per heavy atom. The molecule has 1 heterocycles. The van der Waals surface area contributed by atoms with Gasteiger partial charge in [-0.05, 0) is 48.6 Å². The van der Waals surface area contributed by atoms with E-state index in [-0.39, 0.29) is 11.8 Å². The van der Waals surface area contributed by atoms with Crippen molar-refractivity contribution in [2.24, 2.45) is 0 Å². The molecule has 0 spiro atoms. The summed E-state index contributed by atoms with van der Waals surface area (Å²) in [4.78, 5) is 14.2. The van der Waals surface area contributed by atoms with Crippen LogP contribution in [0.4, 0.5) is 11.4 Å². The Bertz CT molecular complexity index is 814. The molecule has 26 heavy (non-hydrogen) atoms. The Morgan fingerprint density at radius 2 is 2.08 bits per heavy atom. The van der Waals surface area contributed by atoms with Crippen LogP contribution >= 0.6 is 0 Å². The molecule has 1 amide bonds. The van der Waals surface area contributed by atoms with Crippen LogP contribution in [0.1, 0.15) is 56.7 Å². The number of anilines is 2. The lowest BCUT2D eigenvalue weighted by Gasteiger charge is -2.25. The molecular formula is C22H28N2O2. The highest BCUT2D eigenvalue weighted by Crippen LogP contribution is 2.38. The molecule has 4 heteroatoms. The molecule has 1 unspecified atom stereocenters. The number of nitrogens with zero attached hydrogens (tertiary/aromatic N) is 1. The molecule has 3 rings (SSSR count). The minimum atomic E-state index is 0.0459. The quantitative estimate of drug-likeness (QED) is 0.811. The van der Waals surface area contributed by atoms with Gasteiger partial charge < -0.3 is 15.3 Å². The number of rotatable bonds is 5. The first-order chi connectivity index (χ1) is 12.4. The molecule has 2 aromatic rings. The molecule has 0 saturated carbocycles. The molecule has 1 aliphatic rings. The number of hydrogen-bond donors (Lipinski definition) is 2. The van der Waals surface area contributed by atoms with Crippen LogP contribution < -0.4 is 10.2 Å². The van der Waals surface area contributed by atoms with E-state index in [9.17, 15) is 9.90 Å². The van der Waals surface area contributed by atoms with Crippen molar-refractivity contribution in [1.29, 1.82) is 0 Å². The minimum Gasteiger partial charge on any atom is -0.508 e. The summed E-state index contributed by atoms with van der Waals surface area (Å²) in [6.45, 7) is 9.06. The van der Waals surface area contributed by atoms with E-state index in [1.807, 2.05) is 25.1 Å². The Morgan fingerprint density at radius 1 is 1.31 bits per heavy atom. The number of carbonyl (C=O) groups excluding carboxylic acids is 1. The summed E-state index contributed by atoms with van der Waals surface area (Å²) >= 11 is 0. The molecule has 138 valence electrons. The van der Waals surface area contributed by atoms with Crippen molar-refractivity contribution in [3.8, 4) is 5.75 Å². The van der Waals surface area contributed by atoms with Gasteiger partial charge in [-0.1, -0.05) is 39.0 Å². The van der Waals surface area contributed by atoms with E-state index in [2.05, 4.69) is 43.1 Å². The highest BCUT2D eigenvalue weighted by molar-refractivity contribution is 5.92. The van der Waals surface area contributed by atoms with E-state index < -0.39 is 0 Å². The number of carbonyl (C=O) groups is 1. The number of aromatic hydroxyl groups is 1. The average molecular weight is 352 g/mol. The van der Waals surface area contributed by atoms with E-state index >= 15 is 0 Å². The van der Waals surface area contributed by atoms with Crippen molar-refractivity contribution in [3.63, 3.8) is 0 Å². The van der Waals surface area contributed by atoms with E-state index in [0.29, 0.717) is 18.2 Å². The summed E-state index contributed by atoms with van der Waals surface area (Å²) in [6, 6.07) is 12.4. The maximum atomic E-state index is 11.8. The van der Waals surface area contributed by atoms with Crippen molar-refractivity contribution < 1.29 is 9.90 Å². The van der Waals surface area contributed by atoms with Crippen LogP contribution in [-0.4, -0.2) is 17.1 Å². The Hall–Kier alpha value is -2.49. The zero-order valence-corrected chi connectivity index (χ0v) is 16.0. The molecule has 2 aromatic carbocycles. The number of phenols is 1. The van der Waals surface area contributed by atoms with Gasteiger partial charge >= 0.3 is 0 Å². The van der Waals surface area contributed by atoms with Crippen molar-refractivity contribution in [2.75, 3.05) is 10.2 Å². The number of phenolic OH excluding ortho intramolecular Hbond substituents is 1. The van der Waals surface area contributed by atoms with Gasteiger partial charge in [0, 0.05) is 35.9 Å². The summed E-state index contributed by atoms with van der Waals surface area (Å²) < 4.78 is 0. The fraction of sp³-hybridized carbons (Fsp3) is 0.409. The largest absolute Gasteiger partial charge is 0.508 e. The van der Waals surface area contributed by atoms with Crippen LogP contribution in [0.25, 0.3) is 0 Å². The second-order valence-corrected chi connectivity index (χ2v) is 7.43. The van der Waals surface area contributed by atoms with Crippen LogP contribution in [0.5, 0.6) is 5.75 Å². The maximum absolute atomic E-state index is 11.8. The zero-order chi connectivity index (χ0) is 18.8. The van der Waals surface area contributed by atoms with Gasteiger partial charge in [-0.25, -0.2) is 0 Å². The molecule has 4 nitrogen and oxygen atoms in total. The van der Waals surface area contributed by atoms with Crippen LogP contribution in [0, 0.1) is 0 Å². The highest BCUT2D eigenvalue weighted by atomic mass is 16.3. The first-order valence-corrected chi connectivity index (χ1v) is 9.40. The zero-order valence-electron chi connectivity index (χ0n) is 16.0. The number of benzene rings is 2. The van der Waals surface area contributed by atoms with Gasteiger partial charge in [-0.3, -0.25) is 4.79 Å². The standard InChI is InChI=1S/C22H28N2O2/c1-5-22(26)23-19-7-6-8-20-18(19)11-15(4)24(20)13-16-9-10-21(25)17(12-16)14(2)3/h6-10,12,14-15,25H,5,11,13H2,1-4H3,(H,23,26). The lowest BCUT2D eigenvalue weighted by molar-refractivity contribution is -0.115. The smallest absolute Gasteiger partial charge is 0.224 e. The van der Waals surface area contributed by atoms with Crippen molar-refractivity contribution in [1.82, 2.24) is 0 Å². The third kappa shape index (κ3) is 3.55. The number of amides is 1. The molecule has 0 fully saturated rings. The van der Waals surface area contributed by atoms with E-state index in [0.717, 1.165) is 24.2 Å². The lowest BCUT2D eigenvalue weighted by Crippen LogP contribution is -2.28. The Kier molecular flexibility index (Phi) is 5.21. The number of fused-ring (bicyclic) bond motifs is 1. The van der Waals surface area contributed by atoms with Crippen LogP contribution in [0.2, 0.25) is 0 Å². The maximum Gasteiger partial charge on any atom is 0.224 e. The first-order valence-electron chi connectivity index (χ1n) is 9.40. The summed E-state index contributed by atoms with van der Waals surface area (Å²) in [5.41, 5.74) is 5.50. The SMILES string of the molecule is CCC(=O)Nc1cccc2c1CC(C)N2Cc1ccc(O)c(C(C)C)c1. The van der Waals surface area contributed by atoms with Gasteiger partial charge in [0.25, 0.3) is 0 Å². The summed E-state index contributed by atoms with van der Waals surface area (Å²) in [7, 11) is 0. The van der Waals surface area contributed by atoms with Crippen molar-refractivity contribution in [2.45, 2.75) is 59.0 Å². The van der Waals surface area contributed by atoms with Crippen molar-refractivity contribution in [3.05, 3.63) is 53.1 Å². The van der Waals surface area contributed by atoms with Crippen LogP contribution in [-0.2, 0) is 17.8 Å². The number of nitrogens with one attached hydrogen (secondary N) is 1. The molecule has 0 bridgehead atoms. The molecule has 0 aromatic heterocycles. The van der Waals surface area contributed by atoms with Crippen LogP contribution in [0.15, 0.2) is 36.4 Å². The average Bonchev–Trinajstić information content (AvgIpc) is 2.93. The second kappa shape index (κ2) is 7.40.